The minimum absolute atomic E-state index is 0.193. The summed E-state index contributed by atoms with van der Waals surface area (Å²) in [5.41, 5.74) is 2.33. The molecule has 1 aliphatic rings. The fourth-order valence-electron chi connectivity index (χ4n) is 3.77. The molecule has 1 N–H and O–H groups in total. The van der Waals surface area contributed by atoms with E-state index in [-0.39, 0.29) is 18.7 Å². The van der Waals surface area contributed by atoms with Crippen LogP contribution < -0.4 is 10.2 Å². The number of amides is 1. The molecular weight excluding hydrogens is 417 g/mol. The summed E-state index contributed by atoms with van der Waals surface area (Å²) in [6.07, 6.45) is 3.48. The van der Waals surface area contributed by atoms with Crippen molar-refractivity contribution >= 4 is 21.6 Å². The van der Waals surface area contributed by atoms with E-state index in [9.17, 15) is 17.6 Å². The van der Waals surface area contributed by atoms with Crippen molar-refractivity contribution in [2.75, 3.05) is 30.8 Å². The molecule has 2 aromatic carbocycles. The van der Waals surface area contributed by atoms with E-state index in [1.54, 1.807) is 6.07 Å². The van der Waals surface area contributed by atoms with Gasteiger partial charge in [-0.2, -0.15) is 4.31 Å². The molecule has 0 radical (unpaired) electrons. The molecule has 1 atom stereocenters. The molecule has 1 saturated heterocycles. The average Bonchev–Trinajstić information content (AvgIpc) is 2.73. The third kappa shape index (κ3) is 6.77. The van der Waals surface area contributed by atoms with E-state index in [4.69, 9.17) is 0 Å². The standard InChI is InChI=1S/C23H30FN3O3S/c1-18-6-5-13-26(15-18)21-11-9-19(10-12-21)14-25-23(28)17-27(31(2,29)30)16-20-7-3-4-8-22(20)24/h3-4,7-12,18H,5-6,13-17H2,1-2H3,(H,25,28). The summed E-state index contributed by atoms with van der Waals surface area (Å²) in [6, 6.07) is 14.0. The van der Waals surface area contributed by atoms with Crippen molar-refractivity contribution in [2.24, 2.45) is 5.92 Å². The Balaban J connectivity index is 1.56. The second-order valence-electron chi connectivity index (χ2n) is 8.26. The number of anilines is 1. The minimum Gasteiger partial charge on any atom is -0.371 e. The number of halogens is 1. The molecule has 0 spiro atoms. The van der Waals surface area contributed by atoms with Gasteiger partial charge in [-0.05, 0) is 42.5 Å². The van der Waals surface area contributed by atoms with Crippen LogP contribution in [0, 0.1) is 11.7 Å². The Bertz CT molecular complexity index is 995. The summed E-state index contributed by atoms with van der Waals surface area (Å²) in [5.74, 6) is -0.245. The Morgan fingerprint density at radius 2 is 1.90 bits per heavy atom. The molecule has 3 rings (SSSR count). The number of hydrogen-bond acceptors (Lipinski definition) is 4. The summed E-state index contributed by atoms with van der Waals surface area (Å²) in [6.45, 7) is 4.12. The van der Waals surface area contributed by atoms with Crippen molar-refractivity contribution in [2.45, 2.75) is 32.9 Å². The van der Waals surface area contributed by atoms with Crippen LogP contribution >= 0.6 is 0 Å². The molecule has 1 amide bonds. The number of piperidine rings is 1. The van der Waals surface area contributed by atoms with Crippen molar-refractivity contribution in [3.63, 3.8) is 0 Å². The SMILES string of the molecule is CC1CCCN(c2ccc(CNC(=O)CN(Cc3ccccc3F)S(C)(=O)=O)cc2)C1. The molecular formula is C23H30FN3O3S. The van der Waals surface area contributed by atoms with Crippen LogP contribution in [-0.2, 0) is 27.9 Å². The molecule has 1 aliphatic heterocycles. The van der Waals surface area contributed by atoms with E-state index in [0.29, 0.717) is 12.5 Å². The Morgan fingerprint density at radius 1 is 1.19 bits per heavy atom. The van der Waals surface area contributed by atoms with Crippen LogP contribution in [0.15, 0.2) is 48.5 Å². The number of rotatable bonds is 8. The predicted molar refractivity (Wildman–Crippen MR) is 121 cm³/mol. The van der Waals surface area contributed by atoms with Crippen molar-refractivity contribution in [1.82, 2.24) is 9.62 Å². The van der Waals surface area contributed by atoms with Gasteiger partial charge in [-0.15, -0.1) is 0 Å². The summed E-state index contributed by atoms with van der Waals surface area (Å²) in [7, 11) is -3.68. The highest BCUT2D eigenvalue weighted by Crippen LogP contribution is 2.23. The highest BCUT2D eigenvalue weighted by Gasteiger charge is 2.22. The molecule has 8 heteroatoms. The summed E-state index contributed by atoms with van der Waals surface area (Å²) >= 11 is 0. The van der Waals surface area contributed by atoms with E-state index in [1.807, 2.05) is 12.1 Å². The number of nitrogens with one attached hydrogen (secondary N) is 1. The highest BCUT2D eigenvalue weighted by molar-refractivity contribution is 7.88. The Labute approximate surface area is 184 Å². The third-order valence-electron chi connectivity index (χ3n) is 5.54. The topological polar surface area (TPSA) is 69.7 Å². The van der Waals surface area contributed by atoms with E-state index >= 15 is 0 Å². The fourth-order valence-corrected chi connectivity index (χ4v) is 4.50. The number of hydrogen-bond donors (Lipinski definition) is 1. The molecule has 0 aromatic heterocycles. The van der Waals surface area contributed by atoms with Crippen molar-refractivity contribution in [3.8, 4) is 0 Å². The molecule has 6 nitrogen and oxygen atoms in total. The van der Waals surface area contributed by atoms with Crippen LogP contribution in [0.3, 0.4) is 0 Å². The quantitative estimate of drug-likeness (QED) is 0.675. The minimum atomic E-state index is -3.68. The van der Waals surface area contributed by atoms with Crippen LogP contribution in [-0.4, -0.2) is 44.5 Å². The van der Waals surface area contributed by atoms with Crippen molar-refractivity contribution in [3.05, 3.63) is 65.5 Å². The molecule has 168 valence electrons. The summed E-state index contributed by atoms with van der Waals surface area (Å²) in [4.78, 5) is 14.8. The van der Waals surface area contributed by atoms with Crippen LogP contribution in [0.4, 0.5) is 10.1 Å². The smallest absolute Gasteiger partial charge is 0.235 e. The van der Waals surface area contributed by atoms with Gasteiger partial charge in [0.1, 0.15) is 5.82 Å². The van der Waals surface area contributed by atoms with Gasteiger partial charge < -0.3 is 10.2 Å². The number of nitrogens with zero attached hydrogens (tertiary/aromatic N) is 2. The molecule has 0 bridgehead atoms. The number of carbonyl (C=O) groups is 1. The Kier molecular flexibility index (Phi) is 7.67. The van der Waals surface area contributed by atoms with Crippen molar-refractivity contribution < 1.29 is 17.6 Å². The molecule has 1 unspecified atom stereocenters. The third-order valence-corrected chi connectivity index (χ3v) is 6.74. The first-order valence-corrected chi connectivity index (χ1v) is 12.4. The fraction of sp³-hybridized carbons (Fsp3) is 0.435. The lowest BCUT2D eigenvalue weighted by Gasteiger charge is -2.32. The van der Waals surface area contributed by atoms with Gasteiger partial charge in [0, 0.05) is 37.4 Å². The first kappa shape index (κ1) is 23.2. The van der Waals surface area contributed by atoms with Crippen molar-refractivity contribution in [1.29, 1.82) is 0 Å². The molecule has 0 saturated carbocycles. The molecule has 1 heterocycles. The lowest BCUT2D eigenvalue weighted by Crippen LogP contribution is -2.39. The number of sulfonamides is 1. The Morgan fingerprint density at radius 3 is 2.55 bits per heavy atom. The van der Waals surface area contributed by atoms with E-state index in [0.717, 1.165) is 29.2 Å². The zero-order chi connectivity index (χ0) is 22.4. The van der Waals surface area contributed by atoms with Gasteiger partial charge in [0.15, 0.2) is 0 Å². The van der Waals surface area contributed by atoms with E-state index in [1.165, 1.54) is 36.7 Å². The van der Waals surface area contributed by atoms with Gasteiger partial charge >= 0.3 is 0 Å². The molecule has 31 heavy (non-hydrogen) atoms. The molecule has 1 fully saturated rings. The number of benzene rings is 2. The lowest BCUT2D eigenvalue weighted by molar-refractivity contribution is -0.121. The maximum atomic E-state index is 13.9. The summed E-state index contributed by atoms with van der Waals surface area (Å²) in [5, 5.41) is 2.76. The predicted octanol–water partition coefficient (Wildman–Crippen LogP) is 3.14. The average molecular weight is 448 g/mol. The Hall–Kier alpha value is -2.45. The van der Waals surface area contributed by atoms with Gasteiger partial charge in [0.25, 0.3) is 0 Å². The first-order valence-electron chi connectivity index (χ1n) is 10.5. The second kappa shape index (κ2) is 10.2. The van der Waals surface area contributed by atoms with Gasteiger partial charge in [-0.1, -0.05) is 37.3 Å². The largest absolute Gasteiger partial charge is 0.371 e. The van der Waals surface area contributed by atoms with E-state index in [2.05, 4.69) is 29.3 Å². The van der Waals surface area contributed by atoms with Gasteiger partial charge in [-0.3, -0.25) is 4.79 Å². The van der Waals surface area contributed by atoms with Gasteiger partial charge in [0.2, 0.25) is 15.9 Å². The maximum Gasteiger partial charge on any atom is 0.235 e. The monoisotopic (exact) mass is 447 g/mol. The van der Waals surface area contributed by atoms with Gasteiger partial charge in [-0.25, -0.2) is 12.8 Å². The number of carbonyl (C=O) groups excluding carboxylic acids is 1. The highest BCUT2D eigenvalue weighted by atomic mass is 32.2. The second-order valence-corrected chi connectivity index (χ2v) is 10.2. The van der Waals surface area contributed by atoms with Crippen LogP contribution in [0.2, 0.25) is 0 Å². The van der Waals surface area contributed by atoms with E-state index < -0.39 is 21.7 Å². The molecule has 0 aliphatic carbocycles. The lowest BCUT2D eigenvalue weighted by atomic mass is 9.99. The zero-order valence-electron chi connectivity index (χ0n) is 18.1. The summed E-state index contributed by atoms with van der Waals surface area (Å²) < 4.78 is 39.1. The van der Waals surface area contributed by atoms with Crippen LogP contribution in [0.5, 0.6) is 0 Å². The zero-order valence-corrected chi connectivity index (χ0v) is 18.9. The normalized spacial score (nSPS) is 17.0. The van der Waals surface area contributed by atoms with Gasteiger partial charge in [0.05, 0.1) is 12.8 Å². The maximum absolute atomic E-state index is 13.9. The first-order chi connectivity index (χ1) is 14.7. The van der Waals surface area contributed by atoms with Crippen LogP contribution in [0.1, 0.15) is 30.9 Å². The molecule has 2 aromatic rings. The van der Waals surface area contributed by atoms with Crippen LogP contribution in [0.25, 0.3) is 0 Å².